The summed E-state index contributed by atoms with van der Waals surface area (Å²) in [7, 11) is 0. The molecule has 0 amide bonds. The first-order valence-corrected chi connectivity index (χ1v) is 20.7. The molecule has 0 radical (unpaired) electrons. The predicted octanol–water partition coefficient (Wildman–Crippen LogP) is 16.2. The summed E-state index contributed by atoms with van der Waals surface area (Å²) in [6.07, 6.45) is 0. The van der Waals surface area contributed by atoms with Crippen molar-refractivity contribution in [1.29, 1.82) is 0 Å². The van der Waals surface area contributed by atoms with Crippen molar-refractivity contribution in [1.82, 2.24) is 4.57 Å². The quantitative estimate of drug-likeness (QED) is 0.153. The molecular weight excluding hydrogens is 725 g/mol. The van der Waals surface area contributed by atoms with Crippen LogP contribution >= 0.6 is 0 Å². The molecule has 0 atom stereocenters. The lowest BCUT2D eigenvalue weighted by molar-refractivity contribution is 1.17. The van der Waals surface area contributed by atoms with Crippen LogP contribution in [-0.2, 0) is 0 Å². The van der Waals surface area contributed by atoms with Crippen LogP contribution in [0.4, 0.5) is 17.1 Å². The second-order valence-electron chi connectivity index (χ2n) is 15.6. The smallest absolute Gasteiger partial charge is 0.0541 e. The molecule has 0 bridgehead atoms. The second kappa shape index (κ2) is 13.9. The SMILES string of the molecule is c1ccc(N(c2ccc(-n3c4ccccc4c4ccccc43)cc2)c2ccc(-c3c4ccccc4c(-c4cccc5ccccc45)c4ccccc34)c3ccccc23)cc1. The monoisotopic (exact) mass is 762 g/mol. The van der Waals surface area contributed by atoms with Gasteiger partial charge in [-0.15, -0.1) is 0 Å². The number of hydrogen-bond donors (Lipinski definition) is 0. The van der Waals surface area contributed by atoms with Crippen LogP contribution in [0.3, 0.4) is 0 Å². The molecule has 2 heteroatoms. The minimum Gasteiger partial charge on any atom is -0.310 e. The van der Waals surface area contributed by atoms with E-state index in [9.17, 15) is 0 Å². The highest BCUT2D eigenvalue weighted by molar-refractivity contribution is 6.26. The Morgan fingerprint density at radius 2 is 0.700 bits per heavy atom. The van der Waals surface area contributed by atoms with Crippen LogP contribution in [0.5, 0.6) is 0 Å². The van der Waals surface area contributed by atoms with Gasteiger partial charge in [0.15, 0.2) is 0 Å². The van der Waals surface area contributed by atoms with Gasteiger partial charge in [0.05, 0.1) is 16.7 Å². The van der Waals surface area contributed by atoms with E-state index in [4.69, 9.17) is 0 Å². The van der Waals surface area contributed by atoms with E-state index >= 15 is 0 Å². The highest BCUT2D eigenvalue weighted by atomic mass is 15.1. The highest BCUT2D eigenvalue weighted by Gasteiger charge is 2.22. The second-order valence-corrected chi connectivity index (χ2v) is 15.6. The Morgan fingerprint density at radius 1 is 0.267 bits per heavy atom. The number of nitrogens with zero attached hydrogens (tertiary/aromatic N) is 2. The van der Waals surface area contributed by atoms with E-state index in [1.807, 2.05) is 0 Å². The topological polar surface area (TPSA) is 8.17 Å². The molecule has 0 spiro atoms. The van der Waals surface area contributed by atoms with Gasteiger partial charge in [-0.05, 0) is 115 Å². The van der Waals surface area contributed by atoms with Gasteiger partial charge in [-0.25, -0.2) is 0 Å². The molecule has 1 heterocycles. The molecule has 60 heavy (non-hydrogen) atoms. The zero-order valence-corrected chi connectivity index (χ0v) is 32.8. The molecule has 2 nitrogen and oxygen atoms in total. The summed E-state index contributed by atoms with van der Waals surface area (Å²) in [5.74, 6) is 0. The van der Waals surface area contributed by atoms with Crippen molar-refractivity contribution in [3.63, 3.8) is 0 Å². The Bertz CT molecular complexity index is 3480. The average Bonchev–Trinajstić information content (AvgIpc) is 3.66. The fraction of sp³-hybridized carbons (Fsp3) is 0. The third kappa shape index (κ3) is 5.28. The zero-order valence-electron chi connectivity index (χ0n) is 32.8. The summed E-state index contributed by atoms with van der Waals surface area (Å²) in [5, 5.41) is 12.4. The van der Waals surface area contributed by atoms with Crippen LogP contribution in [0.25, 0.3) is 92.8 Å². The van der Waals surface area contributed by atoms with E-state index in [-0.39, 0.29) is 0 Å². The van der Waals surface area contributed by atoms with E-state index in [0.29, 0.717) is 0 Å². The van der Waals surface area contributed by atoms with Crippen LogP contribution in [0.1, 0.15) is 0 Å². The number of hydrogen-bond acceptors (Lipinski definition) is 1. The lowest BCUT2D eigenvalue weighted by Gasteiger charge is -2.28. The molecular formula is C58H38N2. The Morgan fingerprint density at radius 3 is 1.30 bits per heavy atom. The lowest BCUT2D eigenvalue weighted by atomic mass is 9.83. The number of benzene rings is 11. The summed E-state index contributed by atoms with van der Waals surface area (Å²) in [5.41, 5.74) is 11.9. The minimum absolute atomic E-state index is 1.10. The number of anilines is 3. The van der Waals surface area contributed by atoms with Crippen molar-refractivity contribution in [3.8, 4) is 27.9 Å². The van der Waals surface area contributed by atoms with E-state index < -0.39 is 0 Å². The number of rotatable bonds is 6. The summed E-state index contributed by atoms with van der Waals surface area (Å²) in [4.78, 5) is 2.40. The third-order valence-electron chi connectivity index (χ3n) is 12.4. The van der Waals surface area contributed by atoms with Gasteiger partial charge in [-0.2, -0.15) is 0 Å². The van der Waals surface area contributed by atoms with Crippen molar-refractivity contribution in [2.45, 2.75) is 0 Å². The van der Waals surface area contributed by atoms with E-state index in [2.05, 4.69) is 240 Å². The minimum atomic E-state index is 1.10. The number of fused-ring (bicyclic) bond motifs is 7. The summed E-state index contributed by atoms with van der Waals surface area (Å²) < 4.78 is 2.38. The van der Waals surface area contributed by atoms with Gasteiger partial charge in [-0.3, -0.25) is 0 Å². The van der Waals surface area contributed by atoms with Crippen molar-refractivity contribution < 1.29 is 0 Å². The maximum atomic E-state index is 2.40. The molecule has 0 N–H and O–H groups in total. The van der Waals surface area contributed by atoms with Gasteiger partial charge >= 0.3 is 0 Å². The van der Waals surface area contributed by atoms with Gasteiger partial charge in [-0.1, -0.05) is 176 Å². The van der Waals surface area contributed by atoms with Gasteiger partial charge in [0.1, 0.15) is 0 Å². The molecule has 0 aliphatic heterocycles. The molecule has 0 fully saturated rings. The first-order chi connectivity index (χ1) is 29.8. The van der Waals surface area contributed by atoms with Gasteiger partial charge in [0, 0.05) is 33.2 Å². The first-order valence-electron chi connectivity index (χ1n) is 20.7. The van der Waals surface area contributed by atoms with Crippen LogP contribution in [0.2, 0.25) is 0 Å². The molecule has 0 unspecified atom stereocenters. The number of para-hydroxylation sites is 3. The van der Waals surface area contributed by atoms with Crippen LogP contribution in [0.15, 0.2) is 231 Å². The Kier molecular flexibility index (Phi) is 7.89. The largest absolute Gasteiger partial charge is 0.310 e. The van der Waals surface area contributed by atoms with E-state index in [1.165, 1.54) is 87.1 Å². The summed E-state index contributed by atoms with van der Waals surface area (Å²) in [6.45, 7) is 0. The van der Waals surface area contributed by atoms with E-state index in [0.717, 1.165) is 22.7 Å². The Balaban J connectivity index is 1.06. The molecule has 280 valence electrons. The van der Waals surface area contributed by atoms with Crippen molar-refractivity contribution >= 4 is 82.0 Å². The molecule has 11 aromatic carbocycles. The maximum absolute atomic E-state index is 2.40. The Hall–Kier alpha value is -7.94. The van der Waals surface area contributed by atoms with Crippen LogP contribution in [0, 0.1) is 0 Å². The fourth-order valence-corrected chi connectivity index (χ4v) is 9.80. The predicted molar refractivity (Wildman–Crippen MR) is 256 cm³/mol. The zero-order chi connectivity index (χ0) is 39.6. The van der Waals surface area contributed by atoms with Crippen molar-refractivity contribution in [3.05, 3.63) is 231 Å². The average molecular weight is 763 g/mol. The van der Waals surface area contributed by atoms with Crippen LogP contribution in [-0.4, -0.2) is 4.57 Å². The molecule has 0 aliphatic rings. The molecule has 0 saturated carbocycles. The standard InChI is InChI=1S/C58H38N2/c1-2-19-40(20-3-1)59(41-33-35-42(36-34-41)60-54-31-14-12-24-46(54)47-25-13-15-32-55(47)60)56-38-37-53(44-22-6-7-23-45(44)56)58-51-28-10-8-26-49(51)57(50-27-9-11-29-52(50)58)48-30-16-18-39-17-4-5-21-43(39)48/h1-38H. The third-order valence-corrected chi connectivity index (χ3v) is 12.4. The van der Waals surface area contributed by atoms with Crippen molar-refractivity contribution in [2.24, 2.45) is 0 Å². The normalized spacial score (nSPS) is 11.7. The molecule has 12 rings (SSSR count). The Labute approximate surface area is 348 Å². The first kappa shape index (κ1) is 34.1. The summed E-state index contributed by atoms with van der Waals surface area (Å²) in [6, 6.07) is 84.2. The molecule has 1 aromatic heterocycles. The van der Waals surface area contributed by atoms with E-state index in [1.54, 1.807) is 0 Å². The summed E-state index contributed by atoms with van der Waals surface area (Å²) >= 11 is 0. The van der Waals surface area contributed by atoms with Gasteiger partial charge < -0.3 is 9.47 Å². The van der Waals surface area contributed by atoms with Gasteiger partial charge in [0.25, 0.3) is 0 Å². The highest BCUT2D eigenvalue weighted by Crippen LogP contribution is 2.49. The number of aromatic nitrogens is 1. The van der Waals surface area contributed by atoms with Crippen molar-refractivity contribution in [2.75, 3.05) is 4.90 Å². The fourth-order valence-electron chi connectivity index (χ4n) is 9.80. The van der Waals surface area contributed by atoms with Crippen LogP contribution < -0.4 is 4.90 Å². The molecule has 0 aliphatic carbocycles. The molecule has 12 aromatic rings. The lowest BCUT2D eigenvalue weighted by Crippen LogP contribution is -2.10. The van der Waals surface area contributed by atoms with Gasteiger partial charge in [0.2, 0.25) is 0 Å². The molecule has 0 saturated heterocycles. The maximum Gasteiger partial charge on any atom is 0.0541 e.